The van der Waals surface area contributed by atoms with Gasteiger partial charge in [-0.3, -0.25) is 0 Å². The zero-order valence-corrected chi connectivity index (χ0v) is 16.0. The minimum atomic E-state index is -3.11. The maximum Gasteiger partial charge on any atom is 0.404 e. The number of alkyl halides is 3. The maximum atomic E-state index is 14.0. The molecule has 1 unspecified atom stereocenters. The summed E-state index contributed by atoms with van der Waals surface area (Å²) < 4.78 is 54.4. The maximum absolute atomic E-state index is 14.0. The fourth-order valence-electron chi connectivity index (χ4n) is 3.00. The second kappa shape index (κ2) is 8.00. The normalized spacial score (nSPS) is 18.3. The van der Waals surface area contributed by atoms with E-state index in [1.165, 1.54) is 42.7 Å². The largest absolute Gasteiger partial charge is 0.432 e. The van der Waals surface area contributed by atoms with Gasteiger partial charge in [0.1, 0.15) is 18.4 Å². The number of benzene rings is 1. The predicted molar refractivity (Wildman–Crippen MR) is 99.1 cm³/mol. The van der Waals surface area contributed by atoms with Gasteiger partial charge in [0.2, 0.25) is 0 Å². The molecule has 3 heterocycles. The Morgan fingerprint density at radius 3 is 2.48 bits per heavy atom. The fraction of sp³-hybridized carbons (Fsp3) is 0.250. The Hall–Kier alpha value is -3.44. The van der Waals surface area contributed by atoms with Crippen molar-refractivity contribution in [2.45, 2.75) is 32.3 Å². The van der Waals surface area contributed by atoms with Gasteiger partial charge in [-0.1, -0.05) is 0 Å². The van der Waals surface area contributed by atoms with Crippen molar-refractivity contribution < 1.29 is 37.6 Å². The van der Waals surface area contributed by atoms with Crippen LogP contribution in [-0.2, 0) is 6.61 Å². The van der Waals surface area contributed by atoms with Crippen LogP contribution in [0.1, 0.15) is 30.1 Å². The van der Waals surface area contributed by atoms with E-state index in [0.717, 1.165) is 6.92 Å². The molecule has 11 heteroatoms. The SMILES string of the molecule is CC1(F)Oc2ccc(-c3nc([C@@H](O)c4cnc(CO)nc4)ccc3OC(F)F)cc2O1. The van der Waals surface area contributed by atoms with Crippen LogP contribution in [0.5, 0.6) is 17.2 Å². The van der Waals surface area contributed by atoms with Crippen molar-refractivity contribution in [3.8, 4) is 28.5 Å². The molecule has 4 rings (SSSR count). The lowest BCUT2D eigenvalue weighted by atomic mass is 10.1. The molecule has 0 saturated carbocycles. The molecule has 1 aromatic carbocycles. The highest BCUT2D eigenvalue weighted by atomic mass is 19.3. The summed E-state index contributed by atoms with van der Waals surface area (Å²) in [4.78, 5) is 12.1. The zero-order valence-electron chi connectivity index (χ0n) is 16.0. The summed E-state index contributed by atoms with van der Waals surface area (Å²) in [5, 5.41) is 19.7. The Bertz CT molecular complexity index is 1100. The third kappa shape index (κ3) is 4.37. The van der Waals surface area contributed by atoms with Gasteiger partial charge < -0.3 is 24.4 Å². The van der Waals surface area contributed by atoms with Gasteiger partial charge in [0.05, 0.1) is 5.69 Å². The molecule has 31 heavy (non-hydrogen) atoms. The van der Waals surface area contributed by atoms with Gasteiger partial charge in [-0.2, -0.15) is 13.2 Å². The number of rotatable bonds is 6. The second-order valence-corrected chi connectivity index (χ2v) is 6.66. The molecule has 162 valence electrons. The van der Waals surface area contributed by atoms with Gasteiger partial charge in [-0.15, -0.1) is 0 Å². The van der Waals surface area contributed by atoms with Crippen molar-refractivity contribution in [1.82, 2.24) is 15.0 Å². The number of fused-ring (bicyclic) bond motifs is 1. The number of hydrogen-bond acceptors (Lipinski definition) is 8. The molecule has 8 nitrogen and oxygen atoms in total. The van der Waals surface area contributed by atoms with Gasteiger partial charge in [0.25, 0.3) is 0 Å². The van der Waals surface area contributed by atoms with Crippen molar-refractivity contribution in [1.29, 1.82) is 0 Å². The number of nitrogens with zero attached hydrogens (tertiary/aromatic N) is 3. The fourth-order valence-corrected chi connectivity index (χ4v) is 3.00. The highest BCUT2D eigenvalue weighted by Gasteiger charge is 2.37. The van der Waals surface area contributed by atoms with E-state index < -0.39 is 18.8 Å². The average Bonchev–Trinajstić information content (AvgIpc) is 3.06. The van der Waals surface area contributed by atoms with Crippen LogP contribution in [0.2, 0.25) is 0 Å². The number of halogens is 3. The first kappa shape index (κ1) is 20.8. The molecule has 0 bridgehead atoms. The number of aliphatic hydroxyl groups is 2. The highest BCUT2D eigenvalue weighted by molar-refractivity contribution is 5.70. The summed E-state index contributed by atoms with van der Waals surface area (Å²) >= 11 is 0. The Morgan fingerprint density at radius 1 is 1.10 bits per heavy atom. The Morgan fingerprint density at radius 2 is 1.81 bits per heavy atom. The van der Waals surface area contributed by atoms with Gasteiger partial charge in [-0.05, 0) is 30.3 Å². The first-order valence-electron chi connectivity index (χ1n) is 9.02. The van der Waals surface area contributed by atoms with Crippen LogP contribution in [-0.4, -0.2) is 37.8 Å². The lowest BCUT2D eigenvalue weighted by molar-refractivity contribution is -0.173. The van der Waals surface area contributed by atoms with Crippen LogP contribution in [0.15, 0.2) is 42.7 Å². The number of hydrogen-bond donors (Lipinski definition) is 2. The molecule has 1 aliphatic rings. The second-order valence-electron chi connectivity index (χ2n) is 6.66. The molecular weight excluding hydrogens is 419 g/mol. The quantitative estimate of drug-likeness (QED) is 0.608. The summed E-state index contributed by atoms with van der Waals surface area (Å²) in [6, 6.07) is 4.45. The summed E-state index contributed by atoms with van der Waals surface area (Å²) in [6.45, 7) is -2.39. The monoisotopic (exact) mass is 435 g/mol. The van der Waals surface area contributed by atoms with E-state index in [2.05, 4.69) is 19.7 Å². The van der Waals surface area contributed by atoms with E-state index in [1.54, 1.807) is 0 Å². The molecule has 0 radical (unpaired) electrons. The molecule has 0 spiro atoms. The van der Waals surface area contributed by atoms with Crippen LogP contribution in [0.25, 0.3) is 11.3 Å². The Balaban J connectivity index is 1.73. The number of pyridine rings is 1. The van der Waals surface area contributed by atoms with Crippen molar-refractivity contribution in [2.24, 2.45) is 0 Å². The van der Waals surface area contributed by atoms with Gasteiger partial charge in [0.15, 0.2) is 23.1 Å². The van der Waals surface area contributed by atoms with E-state index in [0.29, 0.717) is 0 Å². The number of aromatic nitrogens is 3. The molecular formula is C20H16F3N3O5. The number of aliphatic hydroxyl groups excluding tert-OH is 2. The van der Waals surface area contributed by atoms with E-state index in [1.807, 2.05) is 0 Å². The lowest BCUT2D eigenvalue weighted by Gasteiger charge is -2.15. The summed E-state index contributed by atoms with van der Waals surface area (Å²) in [7, 11) is 0. The highest BCUT2D eigenvalue weighted by Crippen LogP contribution is 2.43. The molecule has 2 N–H and O–H groups in total. The molecule has 0 fully saturated rings. The predicted octanol–water partition coefficient (Wildman–Crippen LogP) is 3.13. The van der Waals surface area contributed by atoms with Crippen molar-refractivity contribution in [2.75, 3.05) is 0 Å². The minimum absolute atomic E-state index is 0.0244. The number of ether oxygens (including phenoxy) is 3. The standard InChI is InChI=1S/C20H16F3N3O5/c1-20(23)30-13-4-2-10(6-15(13)31-20)17-14(29-19(21)22)5-3-12(26-17)18(28)11-7-24-16(9-27)25-8-11/h2-8,18-19,27-28H,9H2,1H3/t18-,20?/m0/s1. The van der Waals surface area contributed by atoms with E-state index in [9.17, 15) is 18.3 Å². The van der Waals surface area contributed by atoms with E-state index >= 15 is 0 Å². The molecule has 1 aliphatic heterocycles. The van der Waals surface area contributed by atoms with Crippen LogP contribution in [0, 0.1) is 0 Å². The molecule has 0 amide bonds. The van der Waals surface area contributed by atoms with E-state index in [4.69, 9.17) is 14.6 Å². The van der Waals surface area contributed by atoms with Crippen LogP contribution >= 0.6 is 0 Å². The van der Waals surface area contributed by atoms with Gasteiger partial charge in [-0.25, -0.2) is 15.0 Å². The molecule has 2 atom stereocenters. The molecule has 3 aromatic rings. The summed E-state index contributed by atoms with van der Waals surface area (Å²) in [5.74, 6) is 0.124. The minimum Gasteiger partial charge on any atom is -0.432 e. The summed E-state index contributed by atoms with van der Waals surface area (Å²) in [6.07, 6.45) is 1.35. The first-order chi connectivity index (χ1) is 14.8. The Labute approximate surface area is 173 Å². The van der Waals surface area contributed by atoms with Crippen molar-refractivity contribution >= 4 is 0 Å². The Kier molecular flexibility index (Phi) is 5.38. The molecule has 0 saturated heterocycles. The third-order valence-electron chi connectivity index (χ3n) is 4.36. The van der Waals surface area contributed by atoms with Crippen LogP contribution < -0.4 is 14.2 Å². The topological polar surface area (TPSA) is 107 Å². The zero-order chi connectivity index (χ0) is 22.2. The van der Waals surface area contributed by atoms with E-state index in [-0.39, 0.29) is 52.2 Å². The van der Waals surface area contributed by atoms with Crippen LogP contribution in [0.4, 0.5) is 13.2 Å². The smallest absolute Gasteiger partial charge is 0.404 e. The van der Waals surface area contributed by atoms with Crippen molar-refractivity contribution in [3.05, 3.63) is 59.8 Å². The van der Waals surface area contributed by atoms with Crippen LogP contribution in [0.3, 0.4) is 0 Å². The molecule has 0 aliphatic carbocycles. The van der Waals surface area contributed by atoms with Gasteiger partial charge >= 0.3 is 12.7 Å². The summed E-state index contributed by atoms with van der Waals surface area (Å²) in [5.41, 5.74) is 0.627. The third-order valence-corrected chi connectivity index (χ3v) is 4.36. The van der Waals surface area contributed by atoms with Crippen molar-refractivity contribution in [3.63, 3.8) is 0 Å². The molecule has 2 aromatic heterocycles. The lowest BCUT2D eigenvalue weighted by Crippen LogP contribution is -2.27. The average molecular weight is 435 g/mol. The van der Waals surface area contributed by atoms with Gasteiger partial charge in [0, 0.05) is 30.4 Å². The first-order valence-corrected chi connectivity index (χ1v) is 9.02.